The zero-order valence-corrected chi connectivity index (χ0v) is 19.0. The number of anilines is 1. The Morgan fingerprint density at radius 3 is 2.47 bits per heavy atom. The molecule has 2 fully saturated rings. The molecule has 0 radical (unpaired) electrons. The van der Waals surface area contributed by atoms with Crippen LogP contribution in [0.4, 0.5) is 5.69 Å². The Labute approximate surface area is 182 Å². The fourth-order valence-corrected chi connectivity index (χ4v) is 7.15. The number of hydrogen-bond acceptors (Lipinski definition) is 5. The molecule has 30 heavy (non-hydrogen) atoms. The van der Waals surface area contributed by atoms with E-state index < -0.39 is 10.0 Å². The number of carbonyl (C=O) groups excluding carboxylic acids is 1. The highest BCUT2D eigenvalue weighted by Crippen LogP contribution is 2.28. The first-order chi connectivity index (χ1) is 14.4. The van der Waals surface area contributed by atoms with Crippen molar-refractivity contribution in [2.75, 3.05) is 31.1 Å². The first-order valence-electron chi connectivity index (χ1n) is 10.6. The molecule has 4 rings (SSSR count). The number of nitrogens with one attached hydrogen (secondary N) is 1. The van der Waals surface area contributed by atoms with Gasteiger partial charge in [-0.1, -0.05) is 12.1 Å². The Bertz CT molecular complexity index is 979. The summed E-state index contributed by atoms with van der Waals surface area (Å²) in [6.07, 6.45) is 3.91. The van der Waals surface area contributed by atoms with Gasteiger partial charge in [-0.3, -0.25) is 4.79 Å². The molecule has 162 valence electrons. The van der Waals surface area contributed by atoms with Gasteiger partial charge in [-0.2, -0.15) is 4.31 Å². The van der Waals surface area contributed by atoms with E-state index in [1.54, 1.807) is 6.07 Å². The van der Waals surface area contributed by atoms with Gasteiger partial charge in [0.25, 0.3) is 10.0 Å². The van der Waals surface area contributed by atoms with Crippen LogP contribution in [-0.4, -0.2) is 44.8 Å². The van der Waals surface area contributed by atoms with E-state index in [1.807, 2.05) is 13.0 Å². The molecule has 6 nitrogen and oxygen atoms in total. The molecular weight excluding hydrogens is 418 g/mol. The molecular formula is C22H29N3O3S2. The molecule has 8 heteroatoms. The van der Waals surface area contributed by atoms with E-state index in [0.717, 1.165) is 30.0 Å². The minimum absolute atomic E-state index is 0.0686. The number of rotatable bonds is 6. The first kappa shape index (κ1) is 21.3. The normalized spacial score (nSPS) is 20.4. The molecule has 1 amide bonds. The number of benzene rings is 1. The van der Waals surface area contributed by atoms with Gasteiger partial charge in [-0.05, 0) is 62.4 Å². The number of piperidine rings is 1. The number of hydrogen-bond donors (Lipinski definition) is 1. The van der Waals surface area contributed by atoms with Crippen molar-refractivity contribution < 1.29 is 13.2 Å². The second-order valence-corrected chi connectivity index (χ2v) is 11.6. The van der Waals surface area contributed by atoms with Crippen LogP contribution in [0.2, 0.25) is 0 Å². The van der Waals surface area contributed by atoms with Crippen molar-refractivity contribution in [1.82, 2.24) is 9.62 Å². The zero-order valence-electron chi connectivity index (χ0n) is 17.3. The third-order valence-corrected chi connectivity index (χ3v) is 9.27. The molecule has 2 aliphatic heterocycles. The van der Waals surface area contributed by atoms with Gasteiger partial charge in [0.2, 0.25) is 5.91 Å². The molecule has 3 heterocycles. The number of aryl methyl sites for hydroxylation is 1. The molecule has 0 unspecified atom stereocenters. The summed E-state index contributed by atoms with van der Waals surface area (Å²) < 4.78 is 27.6. The lowest BCUT2D eigenvalue weighted by atomic mass is 9.99. The molecule has 2 saturated heterocycles. The molecule has 2 aliphatic rings. The Kier molecular flexibility index (Phi) is 6.46. The van der Waals surface area contributed by atoms with Gasteiger partial charge >= 0.3 is 0 Å². The lowest BCUT2D eigenvalue weighted by Gasteiger charge is -2.30. The predicted octanol–water partition coefficient (Wildman–Crippen LogP) is 3.37. The molecule has 1 N–H and O–H groups in total. The highest BCUT2D eigenvalue weighted by Gasteiger charge is 2.33. The lowest BCUT2D eigenvalue weighted by molar-refractivity contribution is -0.126. The van der Waals surface area contributed by atoms with E-state index in [4.69, 9.17) is 0 Å². The minimum Gasteiger partial charge on any atom is -0.372 e. The van der Waals surface area contributed by atoms with Crippen LogP contribution in [0.3, 0.4) is 0 Å². The van der Waals surface area contributed by atoms with Crippen LogP contribution in [0.15, 0.2) is 40.6 Å². The predicted molar refractivity (Wildman–Crippen MR) is 120 cm³/mol. The maximum Gasteiger partial charge on any atom is 0.252 e. The van der Waals surface area contributed by atoms with E-state index in [-0.39, 0.29) is 18.4 Å². The summed E-state index contributed by atoms with van der Waals surface area (Å²) in [5.74, 6) is -0.376. The van der Waals surface area contributed by atoms with Crippen molar-refractivity contribution >= 4 is 33.0 Å². The second-order valence-electron chi connectivity index (χ2n) is 8.15. The molecule has 0 saturated carbocycles. The molecule has 0 bridgehead atoms. The highest BCUT2D eigenvalue weighted by atomic mass is 32.2. The maximum atomic E-state index is 12.9. The third kappa shape index (κ3) is 4.71. The molecule has 1 aromatic heterocycles. The van der Waals surface area contributed by atoms with Crippen LogP contribution in [-0.2, 0) is 21.4 Å². The van der Waals surface area contributed by atoms with Crippen molar-refractivity contribution in [2.24, 2.45) is 5.92 Å². The minimum atomic E-state index is -3.52. The van der Waals surface area contributed by atoms with E-state index in [2.05, 4.69) is 34.5 Å². The van der Waals surface area contributed by atoms with Crippen molar-refractivity contribution in [1.29, 1.82) is 0 Å². The lowest BCUT2D eigenvalue weighted by Crippen LogP contribution is -2.45. The smallest absolute Gasteiger partial charge is 0.252 e. The molecule has 0 aliphatic carbocycles. The first-order valence-corrected chi connectivity index (χ1v) is 12.9. The van der Waals surface area contributed by atoms with Crippen molar-refractivity contribution in [3.8, 4) is 0 Å². The van der Waals surface area contributed by atoms with Gasteiger partial charge in [-0.15, -0.1) is 11.3 Å². The Morgan fingerprint density at radius 2 is 1.80 bits per heavy atom. The number of carbonyl (C=O) groups is 1. The average molecular weight is 448 g/mol. The largest absolute Gasteiger partial charge is 0.372 e. The molecule has 1 atom stereocenters. The van der Waals surface area contributed by atoms with Crippen LogP contribution >= 0.6 is 11.3 Å². The highest BCUT2D eigenvalue weighted by molar-refractivity contribution is 7.91. The van der Waals surface area contributed by atoms with Crippen molar-refractivity contribution in [2.45, 2.75) is 43.4 Å². The monoisotopic (exact) mass is 447 g/mol. The Hall–Kier alpha value is -1.90. The second kappa shape index (κ2) is 9.08. The fourth-order valence-electron chi connectivity index (χ4n) is 4.19. The van der Waals surface area contributed by atoms with Crippen molar-refractivity contribution in [3.05, 3.63) is 46.8 Å². The Morgan fingerprint density at radius 1 is 1.07 bits per heavy atom. The average Bonchev–Trinajstić information content (AvgIpc) is 3.45. The van der Waals surface area contributed by atoms with Gasteiger partial charge in [0, 0.05) is 43.3 Å². The third-order valence-electron chi connectivity index (χ3n) is 5.94. The summed E-state index contributed by atoms with van der Waals surface area (Å²) in [7, 11) is -3.52. The van der Waals surface area contributed by atoms with Gasteiger partial charge in [0.15, 0.2) is 0 Å². The number of amides is 1. The van der Waals surface area contributed by atoms with Crippen LogP contribution in [0.25, 0.3) is 0 Å². The summed E-state index contributed by atoms with van der Waals surface area (Å²) in [5.41, 5.74) is 2.29. The number of thiophene rings is 1. The summed E-state index contributed by atoms with van der Waals surface area (Å²) in [6, 6.07) is 11.8. The van der Waals surface area contributed by atoms with Crippen LogP contribution < -0.4 is 10.2 Å². The maximum absolute atomic E-state index is 12.9. The van der Waals surface area contributed by atoms with Gasteiger partial charge in [-0.25, -0.2) is 8.42 Å². The van der Waals surface area contributed by atoms with Gasteiger partial charge < -0.3 is 10.2 Å². The molecule has 1 aromatic carbocycles. The summed E-state index contributed by atoms with van der Waals surface area (Å²) in [6.45, 7) is 5.31. The summed E-state index contributed by atoms with van der Waals surface area (Å²) >= 11 is 1.28. The zero-order chi connectivity index (χ0) is 21.1. The summed E-state index contributed by atoms with van der Waals surface area (Å²) in [4.78, 5) is 16.1. The van der Waals surface area contributed by atoms with Gasteiger partial charge in [0.05, 0.1) is 5.92 Å². The Balaban J connectivity index is 1.33. The molecule has 2 aromatic rings. The number of sulfonamides is 1. The summed E-state index contributed by atoms with van der Waals surface area (Å²) in [5, 5.41) is 3.00. The van der Waals surface area contributed by atoms with Crippen molar-refractivity contribution in [3.63, 3.8) is 0 Å². The standard InChI is InChI=1S/C22H29N3O3S2/c1-17-6-11-21(29-17)30(27,28)25-14-4-5-19(16-25)22(26)23-15-18-7-9-20(10-8-18)24-12-2-3-13-24/h6-11,19H,2-5,12-16H2,1H3,(H,23,26)/t19-/m0/s1. The van der Waals surface area contributed by atoms with Crippen LogP contribution in [0.1, 0.15) is 36.1 Å². The van der Waals surface area contributed by atoms with Crippen LogP contribution in [0, 0.1) is 12.8 Å². The quantitative estimate of drug-likeness (QED) is 0.737. The van der Waals surface area contributed by atoms with Crippen LogP contribution in [0.5, 0.6) is 0 Å². The fraction of sp³-hybridized carbons (Fsp3) is 0.500. The van der Waals surface area contributed by atoms with E-state index in [0.29, 0.717) is 23.7 Å². The van der Waals surface area contributed by atoms with E-state index >= 15 is 0 Å². The van der Waals surface area contributed by atoms with Gasteiger partial charge in [0.1, 0.15) is 4.21 Å². The van der Waals surface area contributed by atoms with E-state index in [9.17, 15) is 13.2 Å². The SMILES string of the molecule is Cc1ccc(S(=O)(=O)N2CCC[C@H](C(=O)NCc3ccc(N4CCCC4)cc3)C2)s1. The topological polar surface area (TPSA) is 69.7 Å². The molecule has 0 spiro atoms. The van der Waals surface area contributed by atoms with E-state index in [1.165, 1.54) is 34.2 Å². The number of nitrogens with zero attached hydrogens (tertiary/aromatic N) is 2.